The number of carbonyl (C=O) groups is 1. The maximum Gasteiger partial charge on any atom is 0.277 e. The Morgan fingerprint density at radius 3 is 2.85 bits per heavy atom. The van der Waals surface area contributed by atoms with Crippen LogP contribution in [0.3, 0.4) is 0 Å². The molecular weight excluding hydrogens is 350 g/mol. The smallest absolute Gasteiger partial charge is 0.277 e. The maximum atomic E-state index is 12.2. The van der Waals surface area contributed by atoms with E-state index in [4.69, 9.17) is 4.42 Å². The molecule has 1 aliphatic rings. The number of nitrogens with zero attached hydrogens (tertiary/aromatic N) is 4. The molecule has 1 aromatic carbocycles. The lowest BCUT2D eigenvalue weighted by atomic mass is 10.1. The number of fused-ring (bicyclic) bond motifs is 1. The van der Waals surface area contributed by atoms with Gasteiger partial charge >= 0.3 is 0 Å². The van der Waals surface area contributed by atoms with Gasteiger partial charge in [0.25, 0.3) is 5.22 Å². The number of piperidine rings is 1. The number of carbonyl (C=O) groups excluding carboxylic acids is 1. The number of aromatic amines is 1. The molecule has 1 aliphatic heterocycles. The van der Waals surface area contributed by atoms with E-state index in [9.17, 15) is 4.79 Å². The third-order valence-corrected chi connectivity index (χ3v) is 5.29. The molecule has 7 nitrogen and oxygen atoms in total. The molecule has 1 N–H and O–H groups in total. The largest absolute Gasteiger partial charge is 0.416 e. The van der Waals surface area contributed by atoms with E-state index in [2.05, 4.69) is 20.2 Å². The van der Waals surface area contributed by atoms with Crippen molar-refractivity contribution in [1.82, 2.24) is 25.1 Å². The van der Waals surface area contributed by atoms with Crippen molar-refractivity contribution in [2.45, 2.75) is 37.3 Å². The van der Waals surface area contributed by atoms with Crippen LogP contribution in [0.1, 0.15) is 31.0 Å². The number of benzene rings is 1. The standard InChI is InChI=1S/C18H21N5O2S/c24-17(23-10-4-1-5-11-23)12-26-18-22-21-16(25-18)9-8-15-19-13-6-2-3-7-14(13)20-15/h2-3,6-7H,1,4-5,8-12H2,(H,19,20). The van der Waals surface area contributed by atoms with Crippen LogP contribution in [0.4, 0.5) is 0 Å². The maximum absolute atomic E-state index is 12.2. The fourth-order valence-electron chi connectivity index (χ4n) is 3.11. The van der Waals surface area contributed by atoms with Crippen molar-refractivity contribution >= 4 is 28.7 Å². The molecule has 0 radical (unpaired) electrons. The highest BCUT2D eigenvalue weighted by molar-refractivity contribution is 7.99. The molecule has 1 amide bonds. The summed E-state index contributed by atoms with van der Waals surface area (Å²) in [6, 6.07) is 7.94. The molecule has 0 unspecified atom stereocenters. The predicted octanol–water partition coefficient (Wildman–Crippen LogP) is 2.84. The van der Waals surface area contributed by atoms with E-state index < -0.39 is 0 Å². The molecular formula is C18H21N5O2S. The summed E-state index contributed by atoms with van der Waals surface area (Å²) in [6.07, 6.45) is 4.74. The zero-order chi connectivity index (χ0) is 17.8. The van der Waals surface area contributed by atoms with Crippen molar-refractivity contribution in [3.8, 4) is 0 Å². The Morgan fingerprint density at radius 2 is 2.00 bits per heavy atom. The third-order valence-electron chi connectivity index (χ3n) is 4.49. The van der Waals surface area contributed by atoms with Crippen molar-refractivity contribution in [1.29, 1.82) is 0 Å². The second kappa shape index (κ2) is 7.90. The van der Waals surface area contributed by atoms with E-state index in [1.807, 2.05) is 29.2 Å². The first-order valence-corrected chi connectivity index (χ1v) is 9.93. The Kier molecular flexibility index (Phi) is 5.19. The van der Waals surface area contributed by atoms with Crippen molar-refractivity contribution in [2.24, 2.45) is 0 Å². The zero-order valence-corrected chi connectivity index (χ0v) is 15.3. The van der Waals surface area contributed by atoms with Crippen LogP contribution in [0, 0.1) is 0 Å². The number of H-pyrrole nitrogens is 1. The fourth-order valence-corrected chi connectivity index (χ4v) is 3.79. The van der Waals surface area contributed by atoms with Gasteiger partial charge in [-0.3, -0.25) is 4.79 Å². The molecule has 0 spiro atoms. The lowest BCUT2D eigenvalue weighted by Gasteiger charge is -2.26. The highest BCUT2D eigenvalue weighted by Gasteiger charge is 2.18. The Labute approximate surface area is 155 Å². The molecule has 3 aromatic rings. The molecule has 2 aromatic heterocycles. The average Bonchev–Trinajstić information content (AvgIpc) is 3.31. The number of aryl methyl sites for hydroxylation is 2. The SMILES string of the molecule is O=C(CSc1nnc(CCc2nc3ccccc3[nH]2)o1)N1CCCCC1. The van der Waals surface area contributed by atoms with Crippen LogP contribution in [0.15, 0.2) is 33.9 Å². The quantitative estimate of drug-likeness (QED) is 0.671. The van der Waals surface area contributed by atoms with Gasteiger partial charge in [0.2, 0.25) is 11.8 Å². The lowest BCUT2D eigenvalue weighted by molar-refractivity contribution is -0.129. The number of para-hydroxylation sites is 2. The van der Waals surface area contributed by atoms with Crippen LogP contribution < -0.4 is 0 Å². The van der Waals surface area contributed by atoms with Crippen molar-refractivity contribution in [3.05, 3.63) is 36.0 Å². The second-order valence-corrected chi connectivity index (χ2v) is 7.32. The number of thioether (sulfide) groups is 1. The van der Waals surface area contributed by atoms with E-state index in [0.717, 1.165) is 42.8 Å². The topological polar surface area (TPSA) is 87.9 Å². The molecule has 1 saturated heterocycles. The lowest BCUT2D eigenvalue weighted by Crippen LogP contribution is -2.36. The van der Waals surface area contributed by atoms with Crippen molar-refractivity contribution in [2.75, 3.05) is 18.8 Å². The molecule has 8 heteroatoms. The molecule has 1 fully saturated rings. The first-order valence-electron chi connectivity index (χ1n) is 8.94. The van der Waals surface area contributed by atoms with Crippen LogP contribution in [-0.2, 0) is 17.6 Å². The van der Waals surface area contributed by atoms with Gasteiger partial charge in [-0.1, -0.05) is 23.9 Å². The number of aromatic nitrogens is 4. The van der Waals surface area contributed by atoms with Gasteiger partial charge in [-0.25, -0.2) is 4.98 Å². The second-order valence-electron chi connectivity index (χ2n) is 6.39. The predicted molar refractivity (Wildman–Crippen MR) is 99.0 cm³/mol. The monoisotopic (exact) mass is 371 g/mol. The van der Waals surface area contributed by atoms with E-state index >= 15 is 0 Å². The number of imidazole rings is 1. The number of hydrogen-bond donors (Lipinski definition) is 1. The van der Waals surface area contributed by atoms with E-state index in [1.54, 1.807) is 0 Å². The molecule has 0 saturated carbocycles. The summed E-state index contributed by atoms with van der Waals surface area (Å²) in [6.45, 7) is 1.73. The summed E-state index contributed by atoms with van der Waals surface area (Å²) in [5.41, 5.74) is 1.99. The normalized spacial score (nSPS) is 14.8. The van der Waals surface area contributed by atoms with Gasteiger partial charge in [0.15, 0.2) is 0 Å². The van der Waals surface area contributed by atoms with Gasteiger partial charge in [0, 0.05) is 25.9 Å². The molecule has 26 heavy (non-hydrogen) atoms. The van der Waals surface area contributed by atoms with Crippen LogP contribution in [0.25, 0.3) is 11.0 Å². The average molecular weight is 371 g/mol. The summed E-state index contributed by atoms with van der Waals surface area (Å²) in [7, 11) is 0. The van der Waals surface area contributed by atoms with Gasteiger partial charge in [-0.05, 0) is 31.4 Å². The summed E-state index contributed by atoms with van der Waals surface area (Å²) in [5.74, 6) is 1.97. The van der Waals surface area contributed by atoms with E-state index in [-0.39, 0.29) is 5.91 Å². The van der Waals surface area contributed by atoms with Crippen molar-refractivity contribution in [3.63, 3.8) is 0 Å². The molecule has 4 rings (SSSR count). The van der Waals surface area contributed by atoms with Gasteiger partial charge in [-0.2, -0.15) is 0 Å². The summed E-state index contributed by atoms with van der Waals surface area (Å²) in [5, 5.41) is 8.56. The molecule has 0 aliphatic carbocycles. The van der Waals surface area contributed by atoms with Gasteiger partial charge in [0.1, 0.15) is 5.82 Å². The Morgan fingerprint density at radius 1 is 1.15 bits per heavy atom. The molecule has 3 heterocycles. The minimum absolute atomic E-state index is 0.150. The summed E-state index contributed by atoms with van der Waals surface area (Å²) >= 11 is 1.31. The number of nitrogens with one attached hydrogen (secondary N) is 1. The van der Waals surface area contributed by atoms with Gasteiger partial charge < -0.3 is 14.3 Å². The molecule has 0 atom stereocenters. The Hall–Kier alpha value is -2.35. The van der Waals surface area contributed by atoms with Crippen LogP contribution >= 0.6 is 11.8 Å². The minimum atomic E-state index is 0.150. The summed E-state index contributed by atoms with van der Waals surface area (Å²) < 4.78 is 5.65. The Balaban J connectivity index is 1.28. The minimum Gasteiger partial charge on any atom is -0.416 e. The van der Waals surface area contributed by atoms with Crippen LogP contribution in [0.2, 0.25) is 0 Å². The number of rotatable bonds is 6. The van der Waals surface area contributed by atoms with E-state index in [0.29, 0.717) is 29.7 Å². The van der Waals surface area contributed by atoms with E-state index in [1.165, 1.54) is 18.2 Å². The van der Waals surface area contributed by atoms with Crippen LogP contribution in [-0.4, -0.2) is 49.8 Å². The van der Waals surface area contributed by atoms with Gasteiger partial charge in [0.05, 0.1) is 16.8 Å². The fraction of sp³-hybridized carbons (Fsp3) is 0.444. The molecule has 0 bridgehead atoms. The van der Waals surface area contributed by atoms with Crippen molar-refractivity contribution < 1.29 is 9.21 Å². The van der Waals surface area contributed by atoms with Crippen LogP contribution in [0.5, 0.6) is 0 Å². The number of amides is 1. The Bertz CT molecular complexity index is 851. The van der Waals surface area contributed by atoms with Gasteiger partial charge in [-0.15, -0.1) is 10.2 Å². The first kappa shape index (κ1) is 17.1. The highest BCUT2D eigenvalue weighted by Crippen LogP contribution is 2.19. The highest BCUT2D eigenvalue weighted by atomic mass is 32.2. The zero-order valence-electron chi connectivity index (χ0n) is 14.5. The first-order chi connectivity index (χ1) is 12.8. The number of hydrogen-bond acceptors (Lipinski definition) is 6. The third kappa shape index (κ3) is 4.07. The molecule has 136 valence electrons. The number of likely N-dealkylation sites (tertiary alicyclic amines) is 1. The summed E-state index contributed by atoms with van der Waals surface area (Å²) in [4.78, 5) is 21.9.